The zero-order chi connectivity index (χ0) is 16.4. The van der Waals surface area contributed by atoms with Crippen molar-refractivity contribution in [3.63, 3.8) is 0 Å². The SMILES string of the molecule is Cc1cc([N+](=O)[O-])c(S(=O)(=O)NC(C#N)C(C)C)cc1C. The van der Waals surface area contributed by atoms with Gasteiger partial charge in [0.15, 0.2) is 4.90 Å². The van der Waals surface area contributed by atoms with Gasteiger partial charge in [-0.15, -0.1) is 0 Å². The molecule has 1 unspecified atom stereocenters. The third-order valence-electron chi connectivity index (χ3n) is 3.15. The van der Waals surface area contributed by atoms with E-state index in [9.17, 15) is 18.5 Å². The standard InChI is InChI=1S/C13H17N3O4S/c1-8(2)11(7-14)15-21(19,20)13-6-10(4)9(3)5-12(13)16(17)18/h5-6,8,11,15H,1-4H3. The number of nitrogens with zero attached hydrogens (tertiary/aromatic N) is 2. The molecule has 0 fully saturated rings. The molecular weight excluding hydrogens is 294 g/mol. The summed E-state index contributed by atoms with van der Waals surface area (Å²) in [6.07, 6.45) is 0. The number of nitriles is 1. The number of hydrogen-bond acceptors (Lipinski definition) is 5. The van der Waals surface area contributed by atoms with E-state index in [0.29, 0.717) is 11.1 Å². The molecule has 1 N–H and O–H groups in total. The Hall–Kier alpha value is -1.98. The minimum atomic E-state index is -4.15. The van der Waals surface area contributed by atoms with Gasteiger partial charge in [-0.1, -0.05) is 13.8 Å². The van der Waals surface area contributed by atoms with Crippen molar-refractivity contribution in [2.24, 2.45) is 5.92 Å². The van der Waals surface area contributed by atoms with Crippen molar-refractivity contribution in [1.29, 1.82) is 5.26 Å². The fraction of sp³-hybridized carbons (Fsp3) is 0.462. The van der Waals surface area contributed by atoms with E-state index in [0.717, 1.165) is 0 Å². The van der Waals surface area contributed by atoms with E-state index in [1.165, 1.54) is 12.1 Å². The van der Waals surface area contributed by atoms with Crippen LogP contribution in [0.5, 0.6) is 0 Å². The van der Waals surface area contributed by atoms with Crippen LogP contribution in [-0.2, 0) is 10.0 Å². The van der Waals surface area contributed by atoms with Gasteiger partial charge in [0.1, 0.15) is 6.04 Å². The molecular formula is C13H17N3O4S. The topological polar surface area (TPSA) is 113 Å². The summed E-state index contributed by atoms with van der Waals surface area (Å²) in [5, 5.41) is 20.0. The van der Waals surface area contributed by atoms with E-state index in [2.05, 4.69) is 4.72 Å². The second-order valence-corrected chi connectivity index (χ2v) is 6.82. The molecule has 114 valence electrons. The Bertz CT molecular complexity index is 705. The van der Waals surface area contributed by atoms with Gasteiger partial charge in [-0.2, -0.15) is 9.98 Å². The van der Waals surface area contributed by atoms with Gasteiger partial charge in [-0.25, -0.2) is 8.42 Å². The molecule has 0 radical (unpaired) electrons. The first-order valence-corrected chi connectivity index (χ1v) is 7.76. The summed E-state index contributed by atoms with van der Waals surface area (Å²) >= 11 is 0. The van der Waals surface area contributed by atoms with Gasteiger partial charge in [0.2, 0.25) is 10.0 Å². The van der Waals surface area contributed by atoms with Crippen molar-refractivity contribution in [3.8, 4) is 6.07 Å². The number of nitrogens with one attached hydrogen (secondary N) is 1. The van der Waals surface area contributed by atoms with Gasteiger partial charge >= 0.3 is 0 Å². The number of aryl methyl sites for hydroxylation is 2. The molecule has 1 rings (SSSR count). The normalized spacial score (nSPS) is 13.0. The first kappa shape index (κ1) is 17.1. The van der Waals surface area contributed by atoms with E-state index in [1.807, 2.05) is 6.07 Å². The third-order valence-corrected chi connectivity index (χ3v) is 4.62. The van der Waals surface area contributed by atoms with Crippen molar-refractivity contribution < 1.29 is 13.3 Å². The summed E-state index contributed by atoms with van der Waals surface area (Å²) in [6, 6.07) is 3.37. The summed E-state index contributed by atoms with van der Waals surface area (Å²) in [6.45, 7) is 6.71. The highest BCUT2D eigenvalue weighted by atomic mass is 32.2. The second-order valence-electron chi connectivity index (χ2n) is 5.13. The summed E-state index contributed by atoms with van der Waals surface area (Å²) in [7, 11) is -4.15. The van der Waals surface area contributed by atoms with E-state index >= 15 is 0 Å². The lowest BCUT2D eigenvalue weighted by Gasteiger charge is -2.15. The lowest BCUT2D eigenvalue weighted by molar-refractivity contribution is -0.387. The fourth-order valence-corrected chi connectivity index (χ4v) is 3.20. The monoisotopic (exact) mass is 311 g/mol. The molecule has 0 amide bonds. The molecule has 1 aromatic carbocycles. The Balaban J connectivity index is 3.41. The van der Waals surface area contributed by atoms with Crippen LogP contribution in [0.1, 0.15) is 25.0 Å². The minimum Gasteiger partial charge on any atom is -0.258 e. The number of nitro groups is 1. The van der Waals surface area contributed by atoms with Crippen LogP contribution in [0.15, 0.2) is 17.0 Å². The van der Waals surface area contributed by atoms with Crippen LogP contribution in [0.25, 0.3) is 0 Å². The van der Waals surface area contributed by atoms with Gasteiger partial charge in [0.05, 0.1) is 11.0 Å². The smallest absolute Gasteiger partial charge is 0.258 e. The third kappa shape index (κ3) is 3.77. The maximum Gasteiger partial charge on any atom is 0.289 e. The molecule has 0 heterocycles. The number of hydrogen-bond donors (Lipinski definition) is 1. The molecule has 0 saturated carbocycles. The average molecular weight is 311 g/mol. The van der Waals surface area contributed by atoms with Crippen molar-refractivity contribution in [1.82, 2.24) is 4.72 Å². The molecule has 7 nitrogen and oxygen atoms in total. The Morgan fingerprint density at radius 2 is 1.81 bits per heavy atom. The highest BCUT2D eigenvalue weighted by molar-refractivity contribution is 7.89. The van der Waals surface area contributed by atoms with Crippen LogP contribution < -0.4 is 4.72 Å². The van der Waals surface area contributed by atoms with Crippen LogP contribution in [-0.4, -0.2) is 19.4 Å². The molecule has 0 bridgehead atoms. The molecule has 0 spiro atoms. The van der Waals surface area contributed by atoms with E-state index in [4.69, 9.17) is 5.26 Å². The van der Waals surface area contributed by atoms with Crippen LogP contribution in [0.4, 0.5) is 5.69 Å². The highest BCUT2D eigenvalue weighted by Gasteiger charge is 2.29. The number of rotatable bonds is 5. The summed E-state index contributed by atoms with van der Waals surface area (Å²) in [4.78, 5) is 9.91. The summed E-state index contributed by atoms with van der Waals surface area (Å²) in [5.74, 6) is -0.254. The second kappa shape index (κ2) is 6.20. The largest absolute Gasteiger partial charge is 0.289 e. The molecule has 0 saturated heterocycles. The Morgan fingerprint density at radius 3 is 2.24 bits per heavy atom. The van der Waals surface area contributed by atoms with E-state index in [1.54, 1.807) is 27.7 Å². The zero-order valence-electron chi connectivity index (χ0n) is 12.2. The number of sulfonamides is 1. The Kier molecular flexibility index (Phi) is 5.04. The van der Waals surface area contributed by atoms with E-state index in [-0.39, 0.29) is 5.92 Å². The van der Waals surface area contributed by atoms with Crippen molar-refractivity contribution in [2.75, 3.05) is 0 Å². The van der Waals surface area contributed by atoms with Crippen LogP contribution in [0.2, 0.25) is 0 Å². The lowest BCUT2D eigenvalue weighted by Crippen LogP contribution is -2.37. The first-order valence-electron chi connectivity index (χ1n) is 6.27. The van der Waals surface area contributed by atoms with Crippen LogP contribution >= 0.6 is 0 Å². The molecule has 21 heavy (non-hydrogen) atoms. The molecule has 1 aromatic rings. The maximum absolute atomic E-state index is 12.3. The molecule has 0 aliphatic carbocycles. The molecule has 1 atom stereocenters. The zero-order valence-corrected chi connectivity index (χ0v) is 13.1. The van der Waals surface area contributed by atoms with Crippen molar-refractivity contribution >= 4 is 15.7 Å². The molecule has 0 aromatic heterocycles. The van der Waals surface area contributed by atoms with Gasteiger partial charge in [0.25, 0.3) is 5.69 Å². The lowest BCUT2D eigenvalue weighted by atomic mass is 10.1. The van der Waals surface area contributed by atoms with Crippen LogP contribution in [0, 0.1) is 41.2 Å². The maximum atomic E-state index is 12.3. The van der Waals surface area contributed by atoms with Crippen LogP contribution in [0.3, 0.4) is 0 Å². The van der Waals surface area contributed by atoms with Gasteiger partial charge in [-0.05, 0) is 37.0 Å². The summed E-state index contributed by atoms with van der Waals surface area (Å²) < 4.78 is 26.9. The van der Waals surface area contributed by atoms with Gasteiger partial charge in [0, 0.05) is 6.07 Å². The predicted octanol–water partition coefficient (Wildman–Crippen LogP) is 2.04. The first-order chi connectivity index (χ1) is 9.60. The van der Waals surface area contributed by atoms with E-state index < -0.39 is 31.6 Å². The molecule has 0 aliphatic rings. The van der Waals surface area contributed by atoms with Crippen molar-refractivity contribution in [2.45, 2.75) is 38.6 Å². The predicted molar refractivity (Wildman–Crippen MR) is 77.1 cm³/mol. The number of benzene rings is 1. The quantitative estimate of drug-likeness (QED) is 0.660. The van der Waals surface area contributed by atoms with Crippen molar-refractivity contribution in [3.05, 3.63) is 33.4 Å². The Labute approximate surface area is 123 Å². The highest BCUT2D eigenvalue weighted by Crippen LogP contribution is 2.27. The fourth-order valence-electron chi connectivity index (χ4n) is 1.67. The molecule has 0 aliphatic heterocycles. The number of nitro benzene ring substituents is 1. The minimum absolute atomic E-state index is 0.254. The molecule has 8 heteroatoms. The Morgan fingerprint density at radius 1 is 1.29 bits per heavy atom. The van der Waals surface area contributed by atoms with Gasteiger partial charge < -0.3 is 0 Å². The van der Waals surface area contributed by atoms with Gasteiger partial charge in [-0.3, -0.25) is 10.1 Å². The summed E-state index contributed by atoms with van der Waals surface area (Å²) in [5.41, 5.74) is 0.756. The average Bonchev–Trinajstić information content (AvgIpc) is 2.37.